The van der Waals surface area contributed by atoms with Crippen molar-refractivity contribution >= 4 is 27.4 Å². The molecule has 2 aromatic heterocycles. The molecule has 3 heterocycles. The van der Waals surface area contributed by atoms with Gasteiger partial charge in [0.1, 0.15) is 36.8 Å². The van der Waals surface area contributed by atoms with Gasteiger partial charge in [-0.3, -0.25) is 0 Å². The lowest BCUT2D eigenvalue weighted by Gasteiger charge is -2.23. The number of rotatable bonds is 7. The molecule has 0 unspecified atom stereocenters. The second-order valence-corrected chi connectivity index (χ2v) is 9.70. The summed E-state index contributed by atoms with van der Waals surface area (Å²) in [5.74, 6) is 1.89. The van der Waals surface area contributed by atoms with Crippen LogP contribution in [-0.4, -0.2) is 50.4 Å². The summed E-state index contributed by atoms with van der Waals surface area (Å²) in [7, 11) is 4.38. The third-order valence-corrected chi connectivity index (χ3v) is 6.89. The molecule has 7 heteroatoms. The number of anilines is 1. The minimum absolute atomic E-state index is 0.772. The van der Waals surface area contributed by atoms with Gasteiger partial charge in [-0.05, 0) is 25.0 Å². The minimum Gasteiger partial charge on any atom is -0.370 e. The van der Waals surface area contributed by atoms with E-state index in [-0.39, 0.29) is 0 Å². The van der Waals surface area contributed by atoms with Crippen LogP contribution in [0.1, 0.15) is 27.4 Å². The van der Waals surface area contributed by atoms with Crippen molar-refractivity contribution in [3.63, 3.8) is 0 Å². The number of hydrogen-bond donors (Lipinski definition) is 3. The highest BCUT2D eigenvalue weighted by Gasteiger charge is 2.20. The van der Waals surface area contributed by atoms with Gasteiger partial charge in [0.25, 0.3) is 0 Å². The fourth-order valence-corrected chi connectivity index (χ4v) is 5.07. The number of quaternary nitrogens is 2. The lowest BCUT2D eigenvalue weighted by atomic mass is 10.1. The van der Waals surface area contributed by atoms with Crippen LogP contribution in [0.25, 0.3) is 10.2 Å². The smallest absolute Gasteiger partial charge is 0.187 e. The number of ether oxygens (including phenoxy) is 1. The van der Waals surface area contributed by atoms with Crippen molar-refractivity contribution in [2.45, 2.75) is 33.5 Å². The number of nitrogens with one attached hydrogen (secondary N) is 3. The maximum Gasteiger partial charge on any atom is 0.187 e. The Balaban J connectivity index is 1.62. The molecule has 1 aliphatic heterocycles. The topological polar surface area (TPSA) is 55.9 Å². The molecule has 0 bridgehead atoms. The summed E-state index contributed by atoms with van der Waals surface area (Å²) >= 11 is 1.77. The van der Waals surface area contributed by atoms with Gasteiger partial charge in [-0.2, -0.15) is 0 Å². The first-order valence-corrected chi connectivity index (χ1v) is 11.6. The molecule has 160 valence electrons. The van der Waals surface area contributed by atoms with E-state index in [0.717, 1.165) is 62.4 Å². The first-order chi connectivity index (χ1) is 14.5. The number of hydrogen-bond acceptors (Lipinski definition) is 5. The molecule has 0 aliphatic carbocycles. The van der Waals surface area contributed by atoms with Crippen LogP contribution in [0.4, 0.5) is 5.82 Å². The average Bonchev–Trinajstić information content (AvgIpc) is 3.01. The molecule has 6 nitrogen and oxygen atoms in total. The van der Waals surface area contributed by atoms with Crippen LogP contribution in [0, 0.1) is 13.8 Å². The Labute approximate surface area is 182 Å². The van der Waals surface area contributed by atoms with E-state index in [2.05, 4.69) is 57.5 Å². The summed E-state index contributed by atoms with van der Waals surface area (Å²) in [5.41, 5.74) is 4.00. The van der Waals surface area contributed by atoms with Crippen LogP contribution in [0.2, 0.25) is 0 Å². The maximum atomic E-state index is 5.50. The molecule has 3 aromatic rings. The molecular weight excluding hydrogens is 394 g/mol. The van der Waals surface area contributed by atoms with E-state index < -0.39 is 0 Å². The van der Waals surface area contributed by atoms with Gasteiger partial charge in [-0.1, -0.05) is 24.3 Å². The molecule has 30 heavy (non-hydrogen) atoms. The molecule has 4 rings (SSSR count). The van der Waals surface area contributed by atoms with Gasteiger partial charge in [0.2, 0.25) is 0 Å². The van der Waals surface area contributed by atoms with Crippen LogP contribution in [0.15, 0.2) is 24.3 Å². The molecule has 3 N–H and O–H groups in total. The Hall–Kier alpha value is -2.06. The zero-order valence-corrected chi connectivity index (χ0v) is 19.3. The molecule has 0 amide bonds. The molecule has 0 atom stereocenters. The molecule has 1 fully saturated rings. The van der Waals surface area contributed by atoms with Crippen LogP contribution in [0.3, 0.4) is 0 Å². The number of morpholine rings is 1. The number of aromatic nitrogens is 2. The lowest BCUT2D eigenvalue weighted by molar-refractivity contribution is -0.922. The average molecular weight is 428 g/mol. The Morgan fingerprint density at radius 2 is 1.83 bits per heavy atom. The highest BCUT2D eigenvalue weighted by Crippen LogP contribution is 2.33. The second-order valence-electron chi connectivity index (χ2n) is 8.50. The predicted octanol–water partition coefficient (Wildman–Crippen LogP) is 0.980. The third kappa shape index (κ3) is 4.81. The zero-order valence-electron chi connectivity index (χ0n) is 18.5. The SMILES string of the molecule is Cc1sc2nc(C[NH+]3CCOCC3)nc(NCc3ccccc3C[NH+](C)C)c2c1C. The standard InChI is InChI=1S/C23H31N5OS/c1-16-17(2)30-23-21(16)22(25-20(26-23)15-28-9-11-29-12-10-28)24-13-18-7-5-6-8-19(18)14-27(3)4/h5-8H,9-15H2,1-4H3,(H,24,25,26)/p+2. The van der Waals surface area contributed by atoms with Gasteiger partial charge in [-0.25, -0.2) is 9.97 Å². The maximum absolute atomic E-state index is 5.50. The second kappa shape index (κ2) is 9.39. The first kappa shape index (κ1) is 21.2. The number of aryl methyl sites for hydroxylation is 2. The molecule has 0 spiro atoms. The van der Waals surface area contributed by atoms with Gasteiger partial charge >= 0.3 is 0 Å². The van der Waals surface area contributed by atoms with Gasteiger partial charge in [0.05, 0.1) is 32.7 Å². The number of benzene rings is 1. The summed E-state index contributed by atoms with van der Waals surface area (Å²) in [5, 5.41) is 4.84. The Bertz CT molecular complexity index is 1010. The number of fused-ring (bicyclic) bond motifs is 1. The highest BCUT2D eigenvalue weighted by molar-refractivity contribution is 7.18. The van der Waals surface area contributed by atoms with E-state index in [0.29, 0.717) is 0 Å². The molecule has 0 radical (unpaired) electrons. The van der Waals surface area contributed by atoms with E-state index in [1.807, 2.05) is 0 Å². The van der Waals surface area contributed by atoms with Crippen molar-refractivity contribution in [1.29, 1.82) is 0 Å². The van der Waals surface area contributed by atoms with E-state index in [1.165, 1.54) is 36.8 Å². The minimum atomic E-state index is 0.772. The fraction of sp³-hybridized carbons (Fsp3) is 0.478. The summed E-state index contributed by atoms with van der Waals surface area (Å²) in [6.07, 6.45) is 0. The van der Waals surface area contributed by atoms with Gasteiger partial charge in [-0.15, -0.1) is 11.3 Å². The zero-order chi connectivity index (χ0) is 21.1. The third-order valence-electron chi connectivity index (χ3n) is 5.79. The van der Waals surface area contributed by atoms with Crippen molar-refractivity contribution in [2.75, 3.05) is 45.7 Å². The Kier molecular flexibility index (Phi) is 6.63. The van der Waals surface area contributed by atoms with Crippen molar-refractivity contribution in [2.24, 2.45) is 0 Å². The van der Waals surface area contributed by atoms with Crippen molar-refractivity contribution in [3.05, 3.63) is 51.7 Å². The van der Waals surface area contributed by atoms with Gasteiger partial charge in [0, 0.05) is 17.0 Å². The highest BCUT2D eigenvalue weighted by atomic mass is 32.1. The monoisotopic (exact) mass is 427 g/mol. The number of nitrogens with zero attached hydrogens (tertiary/aromatic N) is 2. The summed E-state index contributed by atoms with van der Waals surface area (Å²) in [6.45, 7) is 10.7. The van der Waals surface area contributed by atoms with Crippen molar-refractivity contribution < 1.29 is 14.5 Å². The quantitative estimate of drug-likeness (QED) is 0.526. The van der Waals surface area contributed by atoms with Crippen LogP contribution >= 0.6 is 11.3 Å². The summed E-state index contributed by atoms with van der Waals surface area (Å²) in [4.78, 5) is 15.2. The van der Waals surface area contributed by atoms with Gasteiger partial charge in [0.15, 0.2) is 5.82 Å². The molecule has 0 saturated carbocycles. The Morgan fingerprint density at radius 3 is 2.57 bits per heavy atom. The molecule has 1 aliphatic rings. The molecule has 1 saturated heterocycles. The van der Waals surface area contributed by atoms with Crippen molar-refractivity contribution in [3.8, 4) is 0 Å². The van der Waals surface area contributed by atoms with E-state index >= 15 is 0 Å². The van der Waals surface area contributed by atoms with Gasteiger partial charge < -0.3 is 19.9 Å². The van der Waals surface area contributed by atoms with E-state index in [1.54, 1.807) is 11.3 Å². The molecule has 1 aromatic carbocycles. The van der Waals surface area contributed by atoms with Crippen LogP contribution in [-0.2, 0) is 24.4 Å². The molecular formula is C23H33N5OS+2. The summed E-state index contributed by atoms with van der Waals surface area (Å²) in [6, 6.07) is 8.69. The predicted molar refractivity (Wildman–Crippen MR) is 122 cm³/mol. The number of thiophene rings is 1. The largest absolute Gasteiger partial charge is 0.370 e. The van der Waals surface area contributed by atoms with Crippen LogP contribution in [0.5, 0.6) is 0 Å². The van der Waals surface area contributed by atoms with E-state index in [9.17, 15) is 0 Å². The Morgan fingerprint density at radius 1 is 1.10 bits per heavy atom. The normalized spacial score (nSPS) is 15.2. The lowest BCUT2D eigenvalue weighted by Crippen LogP contribution is -3.12. The van der Waals surface area contributed by atoms with Crippen molar-refractivity contribution in [1.82, 2.24) is 9.97 Å². The van der Waals surface area contributed by atoms with E-state index in [4.69, 9.17) is 14.7 Å². The summed E-state index contributed by atoms with van der Waals surface area (Å²) < 4.78 is 5.50. The first-order valence-electron chi connectivity index (χ1n) is 10.8. The van der Waals surface area contributed by atoms with Crippen LogP contribution < -0.4 is 15.1 Å². The fourth-order valence-electron chi connectivity index (χ4n) is 4.02.